The van der Waals surface area contributed by atoms with Crippen LogP contribution in [-0.4, -0.2) is 44.7 Å². The molecule has 0 radical (unpaired) electrons. The van der Waals surface area contributed by atoms with E-state index >= 15 is 0 Å². The highest BCUT2D eigenvalue weighted by Crippen LogP contribution is 2.37. The molecule has 2 N–H and O–H groups in total. The fourth-order valence-electron chi connectivity index (χ4n) is 2.13. The van der Waals surface area contributed by atoms with Crippen molar-refractivity contribution in [1.29, 1.82) is 0 Å². The summed E-state index contributed by atoms with van der Waals surface area (Å²) in [7, 11) is 3.33. The van der Waals surface area contributed by atoms with Gasteiger partial charge in [-0.1, -0.05) is 13.8 Å². The standard InChI is InChI=1S/C16H25BrN2O3/c1-6-22-14-12(17)7-11(8-13(14)21-5)15(20)19(4)10-16(2,3)9-18/h7-8H,6,9-10,18H2,1-5H3. The second-order valence-corrected chi connectivity index (χ2v) is 6.81. The van der Waals surface area contributed by atoms with E-state index in [0.29, 0.717) is 41.2 Å². The van der Waals surface area contributed by atoms with Gasteiger partial charge < -0.3 is 20.1 Å². The van der Waals surface area contributed by atoms with Crippen LogP contribution in [0.5, 0.6) is 11.5 Å². The Hall–Kier alpha value is -1.27. The molecular weight excluding hydrogens is 348 g/mol. The van der Waals surface area contributed by atoms with E-state index in [4.69, 9.17) is 15.2 Å². The lowest BCUT2D eigenvalue weighted by Crippen LogP contribution is -2.39. The Bertz CT molecular complexity index is 532. The zero-order valence-corrected chi connectivity index (χ0v) is 15.5. The van der Waals surface area contributed by atoms with Gasteiger partial charge in [0.15, 0.2) is 11.5 Å². The number of hydrogen-bond acceptors (Lipinski definition) is 4. The van der Waals surface area contributed by atoms with Gasteiger partial charge in [-0.2, -0.15) is 0 Å². The molecule has 0 fully saturated rings. The van der Waals surface area contributed by atoms with E-state index in [9.17, 15) is 4.79 Å². The molecule has 5 nitrogen and oxygen atoms in total. The van der Waals surface area contributed by atoms with Gasteiger partial charge in [-0.25, -0.2) is 0 Å². The van der Waals surface area contributed by atoms with Crippen LogP contribution in [0.25, 0.3) is 0 Å². The predicted molar refractivity (Wildman–Crippen MR) is 91.7 cm³/mol. The van der Waals surface area contributed by atoms with E-state index in [1.165, 1.54) is 0 Å². The number of halogens is 1. The number of carbonyl (C=O) groups excluding carboxylic acids is 1. The summed E-state index contributed by atoms with van der Waals surface area (Å²) in [5.74, 6) is 1.06. The van der Waals surface area contributed by atoms with Crippen molar-refractivity contribution in [1.82, 2.24) is 4.90 Å². The van der Waals surface area contributed by atoms with Crippen LogP contribution in [0, 0.1) is 5.41 Å². The van der Waals surface area contributed by atoms with Crippen LogP contribution in [0.2, 0.25) is 0 Å². The van der Waals surface area contributed by atoms with E-state index in [0.717, 1.165) is 0 Å². The summed E-state index contributed by atoms with van der Waals surface area (Å²) in [4.78, 5) is 14.3. The summed E-state index contributed by atoms with van der Waals surface area (Å²) in [6, 6.07) is 3.45. The number of amides is 1. The first kappa shape index (κ1) is 18.8. The molecule has 0 aliphatic rings. The van der Waals surface area contributed by atoms with Crippen molar-refractivity contribution in [3.05, 3.63) is 22.2 Å². The summed E-state index contributed by atoms with van der Waals surface area (Å²) in [6.45, 7) is 7.58. The van der Waals surface area contributed by atoms with Gasteiger partial charge in [0.25, 0.3) is 5.91 Å². The number of methoxy groups -OCH3 is 1. The number of benzene rings is 1. The molecule has 0 unspecified atom stereocenters. The third-order valence-electron chi connectivity index (χ3n) is 3.33. The Balaban J connectivity index is 3.06. The maximum atomic E-state index is 12.6. The van der Waals surface area contributed by atoms with Crippen molar-refractivity contribution in [3.8, 4) is 11.5 Å². The molecule has 1 rings (SSSR count). The fraction of sp³-hybridized carbons (Fsp3) is 0.562. The molecule has 1 aromatic carbocycles. The molecule has 6 heteroatoms. The molecule has 0 aliphatic carbocycles. The Morgan fingerprint density at radius 2 is 2.05 bits per heavy atom. The number of ether oxygens (including phenoxy) is 2. The normalized spacial score (nSPS) is 11.2. The third kappa shape index (κ3) is 4.61. The van der Waals surface area contributed by atoms with Crippen molar-refractivity contribution >= 4 is 21.8 Å². The first-order valence-corrected chi connectivity index (χ1v) is 8.01. The Labute approximate surface area is 140 Å². The van der Waals surface area contributed by atoms with Gasteiger partial charge in [-0.15, -0.1) is 0 Å². The Morgan fingerprint density at radius 1 is 1.41 bits per heavy atom. The SMILES string of the molecule is CCOc1c(Br)cc(C(=O)N(C)CC(C)(C)CN)cc1OC. The van der Waals surface area contributed by atoms with Gasteiger partial charge in [0.1, 0.15) is 0 Å². The summed E-state index contributed by atoms with van der Waals surface area (Å²) in [5, 5.41) is 0. The van der Waals surface area contributed by atoms with Gasteiger partial charge >= 0.3 is 0 Å². The number of nitrogens with zero attached hydrogens (tertiary/aromatic N) is 1. The van der Waals surface area contributed by atoms with E-state index in [1.54, 1.807) is 31.2 Å². The van der Waals surface area contributed by atoms with E-state index in [1.807, 2.05) is 20.8 Å². The number of nitrogens with two attached hydrogens (primary N) is 1. The molecule has 0 aliphatic heterocycles. The highest BCUT2D eigenvalue weighted by atomic mass is 79.9. The summed E-state index contributed by atoms with van der Waals surface area (Å²) < 4.78 is 11.6. The molecule has 0 saturated carbocycles. The Kier molecular flexibility index (Phi) is 6.68. The van der Waals surface area contributed by atoms with Crippen LogP contribution in [0.3, 0.4) is 0 Å². The molecular formula is C16H25BrN2O3. The highest BCUT2D eigenvalue weighted by Gasteiger charge is 2.23. The summed E-state index contributed by atoms with van der Waals surface area (Å²) in [6.07, 6.45) is 0. The minimum atomic E-state index is -0.128. The minimum Gasteiger partial charge on any atom is -0.493 e. The lowest BCUT2D eigenvalue weighted by Gasteiger charge is -2.29. The van der Waals surface area contributed by atoms with Gasteiger partial charge in [0.2, 0.25) is 0 Å². The summed E-state index contributed by atoms with van der Waals surface area (Å²) >= 11 is 3.44. The van der Waals surface area contributed by atoms with Crippen LogP contribution in [-0.2, 0) is 0 Å². The molecule has 0 spiro atoms. The first-order chi connectivity index (χ1) is 10.3. The Morgan fingerprint density at radius 3 is 2.55 bits per heavy atom. The lowest BCUT2D eigenvalue weighted by molar-refractivity contribution is 0.0740. The smallest absolute Gasteiger partial charge is 0.253 e. The maximum Gasteiger partial charge on any atom is 0.253 e. The lowest BCUT2D eigenvalue weighted by atomic mass is 9.93. The van der Waals surface area contributed by atoms with Crippen LogP contribution >= 0.6 is 15.9 Å². The molecule has 22 heavy (non-hydrogen) atoms. The topological polar surface area (TPSA) is 64.8 Å². The van der Waals surface area contributed by atoms with Crippen molar-refractivity contribution in [2.75, 3.05) is 33.9 Å². The van der Waals surface area contributed by atoms with Crippen LogP contribution < -0.4 is 15.2 Å². The molecule has 0 aromatic heterocycles. The van der Waals surface area contributed by atoms with Crippen molar-refractivity contribution in [3.63, 3.8) is 0 Å². The predicted octanol–water partition coefficient (Wildman–Crippen LogP) is 2.91. The van der Waals surface area contributed by atoms with Gasteiger partial charge in [-0.3, -0.25) is 4.79 Å². The molecule has 0 atom stereocenters. The molecule has 0 heterocycles. The summed E-state index contributed by atoms with van der Waals surface area (Å²) in [5.41, 5.74) is 6.15. The second kappa shape index (κ2) is 7.83. The van der Waals surface area contributed by atoms with E-state index < -0.39 is 0 Å². The molecule has 1 amide bonds. The van der Waals surface area contributed by atoms with Gasteiger partial charge in [-0.05, 0) is 46.9 Å². The quantitative estimate of drug-likeness (QED) is 0.798. The van der Waals surface area contributed by atoms with Gasteiger partial charge in [0.05, 0.1) is 18.2 Å². The average Bonchev–Trinajstić information content (AvgIpc) is 2.47. The highest BCUT2D eigenvalue weighted by molar-refractivity contribution is 9.10. The zero-order valence-electron chi connectivity index (χ0n) is 13.9. The fourth-order valence-corrected chi connectivity index (χ4v) is 2.68. The second-order valence-electron chi connectivity index (χ2n) is 5.95. The van der Waals surface area contributed by atoms with Crippen LogP contribution in [0.4, 0.5) is 0 Å². The van der Waals surface area contributed by atoms with Crippen LogP contribution in [0.1, 0.15) is 31.1 Å². The van der Waals surface area contributed by atoms with E-state index in [2.05, 4.69) is 15.9 Å². The average molecular weight is 373 g/mol. The number of rotatable bonds is 7. The number of carbonyl (C=O) groups is 1. The van der Waals surface area contributed by atoms with Crippen molar-refractivity contribution in [2.24, 2.45) is 11.1 Å². The monoisotopic (exact) mass is 372 g/mol. The molecule has 0 bridgehead atoms. The van der Waals surface area contributed by atoms with Crippen LogP contribution in [0.15, 0.2) is 16.6 Å². The molecule has 1 aromatic rings. The van der Waals surface area contributed by atoms with Crippen molar-refractivity contribution < 1.29 is 14.3 Å². The third-order valence-corrected chi connectivity index (χ3v) is 3.92. The molecule has 124 valence electrons. The largest absolute Gasteiger partial charge is 0.493 e. The maximum absolute atomic E-state index is 12.6. The molecule has 0 saturated heterocycles. The minimum absolute atomic E-state index is 0.0800. The van der Waals surface area contributed by atoms with Crippen molar-refractivity contribution in [2.45, 2.75) is 20.8 Å². The number of hydrogen-bond donors (Lipinski definition) is 1. The zero-order chi connectivity index (χ0) is 16.9. The first-order valence-electron chi connectivity index (χ1n) is 7.21. The van der Waals surface area contributed by atoms with E-state index in [-0.39, 0.29) is 11.3 Å². The van der Waals surface area contributed by atoms with Gasteiger partial charge in [0, 0.05) is 19.2 Å².